The van der Waals surface area contributed by atoms with E-state index < -0.39 is 17.1 Å². The summed E-state index contributed by atoms with van der Waals surface area (Å²) in [6.07, 6.45) is 1.71. The van der Waals surface area contributed by atoms with Gasteiger partial charge in [-0.1, -0.05) is 0 Å². The van der Waals surface area contributed by atoms with Gasteiger partial charge in [0, 0.05) is 18.8 Å². The van der Waals surface area contributed by atoms with Crippen molar-refractivity contribution in [2.75, 3.05) is 0 Å². The number of carboxylic acid groups (broad SMARTS) is 1. The van der Waals surface area contributed by atoms with Gasteiger partial charge in [0.1, 0.15) is 5.69 Å². The van der Waals surface area contributed by atoms with E-state index in [-0.39, 0.29) is 0 Å². The molecule has 2 heterocycles. The summed E-state index contributed by atoms with van der Waals surface area (Å²) in [6, 6.07) is 1.25. The van der Waals surface area contributed by atoms with E-state index in [1.54, 1.807) is 31.8 Å². The maximum atomic E-state index is 11.5. The van der Waals surface area contributed by atoms with Gasteiger partial charge in [0.05, 0.1) is 11.9 Å². The predicted octanol–water partition coefficient (Wildman–Crippen LogP) is 0.281. The monoisotopic (exact) mass is 248 g/mol. The quantitative estimate of drug-likeness (QED) is 0.824. The van der Waals surface area contributed by atoms with Crippen LogP contribution in [0.15, 0.2) is 17.1 Å². The number of hydrogen-bond acceptors (Lipinski definition) is 4. The van der Waals surface area contributed by atoms with Crippen molar-refractivity contribution < 1.29 is 9.90 Å². The third-order valence-corrected chi connectivity index (χ3v) is 2.53. The fourth-order valence-corrected chi connectivity index (χ4v) is 1.73. The first kappa shape index (κ1) is 12.0. The molecule has 18 heavy (non-hydrogen) atoms. The Morgan fingerprint density at radius 1 is 1.33 bits per heavy atom. The van der Waals surface area contributed by atoms with Crippen LogP contribution in [-0.4, -0.2) is 30.6 Å². The number of nitrogens with zero attached hydrogens (tertiary/aromatic N) is 4. The molecular formula is C11H12N4O3. The van der Waals surface area contributed by atoms with Crippen LogP contribution in [0.2, 0.25) is 0 Å². The molecule has 2 rings (SSSR count). The highest BCUT2D eigenvalue weighted by molar-refractivity contribution is 5.84. The minimum atomic E-state index is -1.34. The summed E-state index contributed by atoms with van der Waals surface area (Å²) in [4.78, 5) is 22.4. The van der Waals surface area contributed by atoms with Gasteiger partial charge >= 0.3 is 5.97 Å². The number of hydrogen-bond donors (Lipinski definition) is 1. The summed E-state index contributed by atoms with van der Waals surface area (Å²) in [6.45, 7) is 3.47. The van der Waals surface area contributed by atoms with Gasteiger partial charge in [0.2, 0.25) is 11.1 Å². The van der Waals surface area contributed by atoms with Crippen molar-refractivity contribution in [3.8, 4) is 5.69 Å². The Kier molecular flexibility index (Phi) is 2.74. The summed E-state index contributed by atoms with van der Waals surface area (Å²) in [7, 11) is 1.76. The van der Waals surface area contributed by atoms with E-state index in [1.807, 2.05) is 0 Å². The van der Waals surface area contributed by atoms with Crippen molar-refractivity contribution in [2.45, 2.75) is 13.8 Å². The molecule has 0 saturated carbocycles. The van der Waals surface area contributed by atoms with Gasteiger partial charge in [0.15, 0.2) is 0 Å². The summed E-state index contributed by atoms with van der Waals surface area (Å²) in [5.41, 5.74) is 0.813. The van der Waals surface area contributed by atoms with Crippen molar-refractivity contribution in [1.29, 1.82) is 0 Å². The van der Waals surface area contributed by atoms with Gasteiger partial charge in [-0.3, -0.25) is 9.48 Å². The van der Waals surface area contributed by atoms with Gasteiger partial charge in [-0.15, -0.1) is 0 Å². The first-order valence-electron chi connectivity index (χ1n) is 5.25. The van der Waals surface area contributed by atoms with E-state index in [0.717, 1.165) is 0 Å². The fourth-order valence-electron chi connectivity index (χ4n) is 1.73. The number of rotatable bonds is 2. The van der Waals surface area contributed by atoms with Crippen LogP contribution in [0.3, 0.4) is 0 Å². The Bertz CT molecular complexity index is 684. The lowest BCUT2D eigenvalue weighted by Crippen LogP contribution is -2.22. The number of aromatic carboxylic acids is 1. The lowest BCUT2D eigenvalue weighted by Gasteiger charge is -2.08. The summed E-state index contributed by atoms with van der Waals surface area (Å²) >= 11 is 0. The van der Waals surface area contributed by atoms with Crippen LogP contribution in [0.4, 0.5) is 0 Å². The van der Waals surface area contributed by atoms with Gasteiger partial charge in [-0.2, -0.15) is 10.2 Å². The van der Waals surface area contributed by atoms with Gasteiger partial charge in [-0.25, -0.2) is 9.48 Å². The van der Waals surface area contributed by atoms with Crippen molar-refractivity contribution >= 4 is 5.97 Å². The first-order valence-corrected chi connectivity index (χ1v) is 5.25. The van der Waals surface area contributed by atoms with Gasteiger partial charge in [-0.05, 0) is 13.8 Å². The first-order chi connectivity index (χ1) is 8.40. The molecule has 0 atom stereocenters. The van der Waals surface area contributed by atoms with Crippen molar-refractivity contribution in [3.05, 3.63) is 39.6 Å². The minimum absolute atomic E-state index is 0.496. The van der Waals surface area contributed by atoms with E-state index in [0.29, 0.717) is 17.1 Å². The SMILES string of the molecule is Cc1nn(C)cc1-n1nc(C(=O)O)c(=O)cc1C. The standard InChI is InChI=1S/C11H12N4O3/c1-6-4-9(16)10(11(17)18)13-15(6)8-5-14(3)12-7(8)2/h4-5H,1-3H3,(H,17,18). The zero-order valence-electron chi connectivity index (χ0n) is 10.2. The molecule has 7 nitrogen and oxygen atoms in total. The molecule has 0 radical (unpaired) electrons. The molecule has 0 bridgehead atoms. The topological polar surface area (TPSA) is 90.0 Å². The number of carboxylic acids is 1. The molecule has 0 aliphatic heterocycles. The summed E-state index contributed by atoms with van der Waals surface area (Å²) < 4.78 is 3.01. The molecule has 94 valence electrons. The number of carbonyl (C=O) groups is 1. The molecule has 2 aromatic rings. The highest BCUT2D eigenvalue weighted by Gasteiger charge is 2.15. The Labute approximate surface area is 102 Å². The van der Waals surface area contributed by atoms with E-state index in [4.69, 9.17) is 5.11 Å². The lowest BCUT2D eigenvalue weighted by molar-refractivity contribution is 0.0686. The van der Waals surface area contributed by atoms with Crippen LogP contribution < -0.4 is 5.43 Å². The smallest absolute Gasteiger partial charge is 0.360 e. The summed E-state index contributed by atoms with van der Waals surface area (Å²) in [5, 5.41) is 16.9. The molecule has 0 unspecified atom stereocenters. The molecule has 0 aliphatic carbocycles. The second-order valence-corrected chi connectivity index (χ2v) is 3.99. The van der Waals surface area contributed by atoms with Gasteiger partial charge < -0.3 is 5.11 Å². The molecule has 1 N–H and O–H groups in total. The average molecular weight is 248 g/mol. The normalized spacial score (nSPS) is 10.6. The van der Waals surface area contributed by atoms with Crippen LogP contribution in [0.5, 0.6) is 0 Å². The van der Waals surface area contributed by atoms with Crippen LogP contribution in [-0.2, 0) is 7.05 Å². The van der Waals surface area contributed by atoms with Crippen LogP contribution >= 0.6 is 0 Å². The number of aromatic nitrogens is 4. The van der Waals surface area contributed by atoms with E-state index in [9.17, 15) is 9.59 Å². The van der Waals surface area contributed by atoms with E-state index in [1.165, 1.54) is 10.7 Å². The van der Waals surface area contributed by atoms with Crippen molar-refractivity contribution in [3.63, 3.8) is 0 Å². The predicted molar refractivity (Wildman–Crippen MR) is 63.0 cm³/mol. The van der Waals surface area contributed by atoms with Crippen LogP contribution in [0.25, 0.3) is 5.69 Å². The van der Waals surface area contributed by atoms with Crippen LogP contribution in [0.1, 0.15) is 21.9 Å². The maximum absolute atomic E-state index is 11.5. The highest BCUT2D eigenvalue weighted by atomic mass is 16.4. The molecule has 0 fully saturated rings. The van der Waals surface area contributed by atoms with E-state index in [2.05, 4.69) is 10.2 Å². The fraction of sp³-hybridized carbons (Fsp3) is 0.273. The Hall–Kier alpha value is -2.44. The second-order valence-electron chi connectivity index (χ2n) is 3.99. The molecule has 2 aromatic heterocycles. The molecule has 0 aromatic carbocycles. The maximum Gasteiger partial charge on any atom is 0.360 e. The molecule has 0 amide bonds. The average Bonchev–Trinajstić information content (AvgIpc) is 2.57. The zero-order chi connectivity index (χ0) is 13.4. The minimum Gasteiger partial charge on any atom is -0.476 e. The molecule has 0 saturated heterocycles. The molecule has 0 spiro atoms. The van der Waals surface area contributed by atoms with E-state index >= 15 is 0 Å². The molecule has 7 heteroatoms. The number of aryl methyl sites for hydroxylation is 3. The third kappa shape index (κ3) is 1.90. The lowest BCUT2D eigenvalue weighted by atomic mass is 10.3. The van der Waals surface area contributed by atoms with Gasteiger partial charge in [0.25, 0.3) is 0 Å². The molecular weight excluding hydrogens is 236 g/mol. The summed E-state index contributed by atoms with van der Waals surface area (Å²) in [5.74, 6) is -1.34. The van der Waals surface area contributed by atoms with Crippen molar-refractivity contribution in [2.24, 2.45) is 7.05 Å². The van der Waals surface area contributed by atoms with Crippen LogP contribution in [0, 0.1) is 13.8 Å². The second kappa shape index (κ2) is 4.10. The van der Waals surface area contributed by atoms with Crippen molar-refractivity contribution in [1.82, 2.24) is 19.6 Å². The largest absolute Gasteiger partial charge is 0.476 e. The Balaban J connectivity index is 2.72. The highest BCUT2D eigenvalue weighted by Crippen LogP contribution is 2.12. The Morgan fingerprint density at radius 2 is 2.00 bits per heavy atom. The zero-order valence-corrected chi connectivity index (χ0v) is 10.2. The Morgan fingerprint density at radius 3 is 2.50 bits per heavy atom. The third-order valence-electron chi connectivity index (χ3n) is 2.53. The molecule has 0 aliphatic rings.